The number of morpholine rings is 1. The molecule has 0 radical (unpaired) electrons. The van der Waals surface area contributed by atoms with Crippen LogP contribution in [0.2, 0.25) is 0 Å². The van der Waals surface area contributed by atoms with Crippen molar-refractivity contribution in [3.8, 4) is 0 Å². The van der Waals surface area contributed by atoms with E-state index in [1.807, 2.05) is 36.4 Å². The second-order valence-electron chi connectivity index (χ2n) is 10.4. The third-order valence-electron chi connectivity index (χ3n) is 7.84. The number of carbonyl (C=O) groups excluding carboxylic acids is 1. The zero-order chi connectivity index (χ0) is 28.6. The van der Waals surface area contributed by atoms with Crippen molar-refractivity contribution < 1.29 is 17.9 Å². The number of hydrogen-bond donors (Lipinski definition) is 0. The number of ether oxygens (including phenoxy) is 1. The summed E-state index contributed by atoms with van der Waals surface area (Å²) in [6.45, 7) is 1.39. The largest absolute Gasteiger partial charge is 0.379 e. The molecule has 1 amide bonds. The Bertz CT molecular complexity index is 1600. The van der Waals surface area contributed by atoms with Crippen molar-refractivity contribution >= 4 is 59.6 Å². The van der Waals surface area contributed by atoms with Gasteiger partial charge in [0.05, 0.1) is 29.9 Å². The number of sulfonamides is 1. The third-order valence-corrected chi connectivity index (χ3v) is 10.8. The molecule has 2 heterocycles. The summed E-state index contributed by atoms with van der Waals surface area (Å²) in [5.74, 6) is -0.185. The molecule has 212 valence electrons. The van der Waals surface area contributed by atoms with Gasteiger partial charge in [-0.3, -0.25) is 4.79 Å². The Hall–Kier alpha value is -2.63. The number of amides is 1. The summed E-state index contributed by atoms with van der Waals surface area (Å²) in [7, 11) is -3.65. The quantitative estimate of drug-likeness (QED) is 0.298. The van der Waals surface area contributed by atoms with Crippen molar-refractivity contribution in [2.45, 2.75) is 30.2 Å². The summed E-state index contributed by atoms with van der Waals surface area (Å²) in [5, 5.41) is 6.58. The number of allylic oxidation sites excluding steroid dienone is 1. The highest BCUT2D eigenvalue weighted by Gasteiger charge is 2.44. The zero-order valence-electron chi connectivity index (χ0n) is 22.2. The summed E-state index contributed by atoms with van der Waals surface area (Å²) in [6.07, 6.45) is 5.01. The van der Waals surface area contributed by atoms with Crippen LogP contribution >= 0.6 is 31.9 Å². The first-order valence-electron chi connectivity index (χ1n) is 13.6. The molecule has 3 aromatic rings. The second-order valence-corrected chi connectivity index (χ2v) is 14.2. The molecule has 0 N–H and O–H groups in total. The Morgan fingerprint density at radius 1 is 0.902 bits per heavy atom. The fraction of sp³-hybridized carbons (Fsp3) is 0.290. The van der Waals surface area contributed by atoms with Crippen LogP contribution in [0.3, 0.4) is 0 Å². The molecule has 0 spiro atoms. The molecule has 3 aliphatic rings. The summed E-state index contributed by atoms with van der Waals surface area (Å²) in [5.41, 5.74) is 4.60. The second kappa shape index (κ2) is 11.9. The Labute approximate surface area is 257 Å². The highest BCUT2D eigenvalue weighted by Crippen LogP contribution is 2.45. The van der Waals surface area contributed by atoms with E-state index in [2.05, 4.69) is 50.1 Å². The first-order valence-corrected chi connectivity index (χ1v) is 16.7. The fourth-order valence-corrected chi connectivity index (χ4v) is 7.70. The predicted molar refractivity (Wildman–Crippen MR) is 166 cm³/mol. The number of nitrogens with zero attached hydrogens (tertiary/aromatic N) is 3. The van der Waals surface area contributed by atoms with Gasteiger partial charge in [0, 0.05) is 33.5 Å². The molecule has 0 unspecified atom stereocenters. The van der Waals surface area contributed by atoms with Gasteiger partial charge in [0.25, 0.3) is 5.91 Å². The Morgan fingerprint density at radius 3 is 2.20 bits per heavy atom. The maximum Gasteiger partial charge on any atom is 0.274 e. The van der Waals surface area contributed by atoms with Crippen LogP contribution in [0.25, 0.3) is 6.08 Å². The van der Waals surface area contributed by atoms with Crippen molar-refractivity contribution in [2.75, 3.05) is 26.3 Å². The summed E-state index contributed by atoms with van der Waals surface area (Å²) in [4.78, 5) is 14.2. The highest BCUT2D eigenvalue weighted by atomic mass is 79.9. The molecule has 2 atom stereocenters. The normalized spacial score (nSPS) is 22.4. The van der Waals surface area contributed by atoms with Crippen LogP contribution in [0.1, 0.15) is 46.8 Å². The number of benzene rings is 3. The SMILES string of the molecule is O=C(c1ccc(S(=O)(=O)N2CCOCC2)cc1)N1N=C2/C(=C/c3ccc(Br)cc3)CCC[C@H]2[C@@H]1c1ccc(Br)cc1. The van der Waals surface area contributed by atoms with Gasteiger partial charge in [0.15, 0.2) is 0 Å². The van der Waals surface area contributed by atoms with E-state index in [0.717, 1.165) is 50.6 Å². The van der Waals surface area contributed by atoms with Crippen molar-refractivity contribution in [1.29, 1.82) is 0 Å². The Balaban J connectivity index is 1.34. The Kier molecular flexibility index (Phi) is 8.29. The van der Waals surface area contributed by atoms with Gasteiger partial charge >= 0.3 is 0 Å². The number of hydrazone groups is 1. The van der Waals surface area contributed by atoms with Gasteiger partial charge in [-0.25, -0.2) is 13.4 Å². The van der Waals surface area contributed by atoms with Gasteiger partial charge in [-0.2, -0.15) is 9.41 Å². The van der Waals surface area contributed by atoms with Gasteiger partial charge in [-0.1, -0.05) is 56.1 Å². The van der Waals surface area contributed by atoms with E-state index in [1.165, 1.54) is 16.4 Å². The van der Waals surface area contributed by atoms with Crippen LogP contribution in [0.5, 0.6) is 0 Å². The van der Waals surface area contributed by atoms with Crippen LogP contribution in [0.4, 0.5) is 0 Å². The molecular weight excluding hydrogens is 670 g/mol. The molecule has 3 aromatic carbocycles. The first kappa shape index (κ1) is 28.5. The van der Waals surface area contributed by atoms with Crippen molar-refractivity contribution in [3.05, 3.63) is 104 Å². The van der Waals surface area contributed by atoms with E-state index >= 15 is 0 Å². The van der Waals surface area contributed by atoms with E-state index in [1.54, 1.807) is 17.1 Å². The zero-order valence-corrected chi connectivity index (χ0v) is 26.2. The van der Waals surface area contributed by atoms with Gasteiger partial charge in [-0.15, -0.1) is 0 Å². The lowest BCUT2D eigenvalue weighted by molar-refractivity contribution is 0.0680. The predicted octanol–water partition coefficient (Wildman–Crippen LogP) is 6.67. The number of rotatable bonds is 5. The minimum absolute atomic E-state index is 0.0662. The first-order chi connectivity index (χ1) is 19.8. The van der Waals surface area contributed by atoms with Crippen LogP contribution in [0, 0.1) is 5.92 Å². The van der Waals surface area contributed by atoms with Crippen LogP contribution < -0.4 is 0 Å². The minimum atomic E-state index is -3.65. The summed E-state index contributed by atoms with van der Waals surface area (Å²) >= 11 is 7.03. The number of fused-ring (bicyclic) bond motifs is 1. The fourth-order valence-electron chi connectivity index (χ4n) is 5.76. The molecule has 0 bridgehead atoms. The van der Waals surface area contributed by atoms with E-state index < -0.39 is 10.0 Å². The molecule has 0 aromatic heterocycles. The van der Waals surface area contributed by atoms with E-state index in [4.69, 9.17) is 9.84 Å². The number of halogens is 2. The highest BCUT2D eigenvalue weighted by molar-refractivity contribution is 9.10. The smallest absolute Gasteiger partial charge is 0.274 e. The van der Waals surface area contributed by atoms with Crippen molar-refractivity contribution in [2.24, 2.45) is 11.0 Å². The van der Waals surface area contributed by atoms with E-state index in [-0.39, 0.29) is 22.8 Å². The molecule has 1 aliphatic carbocycles. The number of hydrogen-bond acceptors (Lipinski definition) is 5. The lowest BCUT2D eigenvalue weighted by Gasteiger charge is -2.30. The lowest BCUT2D eigenvalue weighted by atomic mass is 9.77. The maximum atomic E-state index is 14.0. The maximum absolute atomic E-state index is 14.0. The monoisotopic (exact) mass is 697 g/mol. The molecule has 41 heavy (non-hydrogen) atoms. The van der Waals surface area contributed by atoms with Crippen molar-refractivity contribution in [3.63, 3.8) is 0 Å². The molecule has 10 heteroatoms. The van der Waals surface area contributed by atoms with Gasteiger partial charge in [0.1, 0.15) is 0 Å². The third kappa shape index (κ3) is 5.85. The average Bonchev–Trinajstić information content (AvgIpc) is 3.39. The van der Waals surface area contributed by atoms with Gasteiger partial charge < -0.3 is 4.74 Å². The van der Waals surface area contributed by atoms with Crippen LogP contribution in [-0.4, -0.2) is 55.7 Å². The average molecular weight is 699 g/mol. The minimum Gasteiger partial charge on any atom is -0.379 e. The lowest BCUT2D eigenvalue weighted by Crippen LogP contribution is -2.40. The van der Waals surface area contributed by atoms with Gasteiger partial charge in [-0.05, 0) is 90.6 Å². The van der Waals surface area contributed by atoms with Crippen LogP contribution in [0.15, 0.2) is 97.3 Å². The number of carbonyl (C=O) groups is 1. The molecule has 7 nitrogen and oxygen atoms in total. The van der Waals surface area contributed by atoms with E-state index in [9.17, 15) is 13.2 Å². The molecule has 2 fully saturated rings. The molecular formula is C31H29Br2N3O4S. The molecule has 1 saturated heterocycles. The molecule has 6 rings (SSSR count). The summed E-state index contributed by atoms with van der Waals surface area (Å²) in [6, 6.07) is 22.2. The van der Waals surface area contributed by atoms with E-state index in [0.29, 0.717) is 31.9 Å². The van der Waals surface area contributed by atoms with Gasteiger partial charge in [0.2, 0.25) is 10.0 Å². The van der Waals surface area contributed by atoms with Crippen LogP contribution in [-0.2, 0) is 14.8 Å². The molecule has 1 saturated carbocycles. The topological polar surface area (TPSA) is 79.3 Å². The standard InChI is InChI=1S/C31H29Br2N3O4S/c32-25-10-4-21(5-11-25)20-24-2-1-3-28-29(24)34-36(30(28)22-6-12-26(33)13-7-22)31(37)23-8-14-27(15-9-23)41(38,39)35-16-18-40-19-17-35/h4-15,20,28,30H,1-3,16-19H2/b24-20+/t28-,30+/m1/s1. The van der Waals surface area contributed by atoms with Crippen molar-refractivity contribution in [1.82, 2.24) is 9.31 Å². The summed E-state index contributed by atoms with van der Waals surface area (Å²) < 4.78 is 34.9. The molecule has 2 aliphatic heterocycles. The Morgan fingerprint density at radius 2 is 1.54 bits per heavy atom.